The zero-order chi connectivity index (χ0) is 19.2. The Labute approximate surface area is 174 Å². The number of nitrogens with one attached hydrogen (secondary N) is 1. The van der Waals surface area contributed by atoms with Crippen molar-refractivity contribution in [3.05, 3.63) is 61.9 Å². The zero-order valence-corrected chi connectivity index (χ0v) is 17.2. The second kappa shape index (κ2) is 6.94. The molecule has 0 radical (unpaired) electrons. The normalized spacial score (nSPS) is 17.9. The standard InChI is InChI=1S/C19H17ClFIN4O/c20-12-5-4-11(10-14(12)22)18(27)26-8-6-19(7-9-26)24-15-3-1-2-13(21)16(15)17(23)25-19/h1-5,10,24H,6-9H2,(H2,23,25). The van der Waals surface area contributed by atoms with Crippen LogP contribution in [0, 0.1) is 9.39 Å². The molecule has 0 aromatic heterocycles. The van der Waals surface area contributed by atoms with Crippen molar-refractivity contribution in [2.45, 2.75) is 18.5 Å². The molecule has 4 rings (SSSR count). The van der Waals surface area contributed by atoms with Gasteiger partial charge in [0, 0.05) is 40.8 Å². The maximum atomic E-state index is 14.0. The number of nitrogens with zero attached hydrogens (tertiary/aromatic N) is 2. The Morgan fingerprint density at radius 2 is 2.04 bits per heavy atom. The van der Waals surface area contributed by atoms with E-state index in [0.29, 0.717) is 47.8 Å². The minimum Gasteiger partial charge on any atom is -0.383 e. The van der Waals surface area contributed by atoms with Gasteiger partial charge in [0.2, 0.25) is 0 Å². The molecule has 0 aliphatic carbocycles. The zero-order valence-electron chi connectivity index (χ0n) is 14.3. The summed E-state index contributed by atoms with van der Waals surface area (Å²) >= 11 is 8.16. The summed E-state index contributed by atoms with van der Waals surface area (Å²) in [4.78, 5) is 19.1. The summed E-state index contributed by atoms with van der Waals surface area (Å²) in [6, 6.07) is 10.1. The fraction of sp³-hybridized carbons (Fsp3) is 0.263. The van der Waals surface area contributed by atoms with Gasteiger partial charge in [-0.05, 0) is 52.9 Å². The van der Waals surface area contributed by atoms with Crippen LogP contribution in [0.2, 0.25) is 5.02 Å². The highest BCUT2D eigenvalue weighted by atomic mass is 127. The van der Waals surface area contributed by atoms with Crippen LogP contribution in [-0.4, -0.2) is 35.4 Å². The van der Waals surface area contributed by atoms with Gasteiger partial charge in [-0.15, -0.1) is 0 Å². The molecule has 2 heterocycles. The van der Waals surface area contributed by atoms with Crippen molar-refractivity contribution in [1.82, 2.24) is 4.90 Å². The number of likely N-dealkylation sites (tertiary alicyclic amines) is 1. The lowest BCUT2D eigenvalue weighted by molar-refractivity contribution is 0.0685. The van der Waals surface area contributed by atoms with Crippen LogP contribution in [0.1, 0.15) is 28.8 Å². The van der Waals surface area contributed by atoms with E-state index in [4.69, 9.17) is 17.3 Å². The van der Waals surface area contributed by atoms with Gasteiger partial charge in [-0.3, -0.25) is 4.79 Å². The number of hydrogen-bond acceptors (Lipinski definition) is 4. The van der Waals surface area contributed by atoms with Gasteiger partial charge in [-0.2, -0.15) is 0 Å². The van der Waals surface area contributed by atoms with Crippen molar-refractivity contribution in [2.24, 2.45) is 10.7 Å². The molecule has 2 aromatic rings. The molecular formula is C19H17ClFIN4O. The summed E-state index contributed by atoms with van der Waals surface area (Å²) in [6.07, 6.45) is 1.19. The van der Waals surface area contributed by atoms with E-state index < -0.39 is 5.66 Å². The first kappa shape index (κ1) is 18.5. The number of carbonyl (C=O) groups excluding carboxylic acids is 1. The SMILES string of the molecule is NC1=NC2(CCN(C(=O)c3ccc(Cl)c(I)c3)CC2)Nc2cccc(F)c21. The van der Waals surface area contributed by atoms with Gasteiger partial charge in [0.25, 0.3) is 5.91 Å². The van der Waals surface area contributed by atoms with Crippen LogP contribution < -0.4 is 11.1 Å². The second-order valence-corrected chi connectivity index (χ2v) is 8.31. The van der Waals surface area contributed by atoms with Gasteiger partial charge >= 0.3 is 0 Å². The number of halogens is 3. The summed E-state index contributed by atoms with van der Waals surface area (Å²) in [6.45, 7) is 1.07. The first-order valence-electron chi connectivity index (χ1n) is 8.55. The van der Waals surface area contributed by atoms with Gasteiger partial charge in [-0.25, -0.2) is 9.38 Å². The summed E-state index contributed by atoms with van der Waals surface area (Å²) in [5, 5.41) is 3.97. The van der Waals surface area contributed by atoms with E-state index in [0.717, 1.165) is 3.57 Å². The number of hydrogen-bond donors (Lipinski definition) is 2. The molecular weight excluding hydrogens is 482 g/mol. The Hall–Kier alpha value is -1.87. The van der Waals surface area contributed by atoms with Crippen LogP contribution in [0.15, 0.2) is 41.4 Å². The van der Waals surface area contributed by atoms with Crippen LogP contribution in [0.5, 0.6) is 0 Å². The number of amides is 1. The third-order valence-corrected chi connectivity index (χ3v) is 6.56. The highest BCUT2D eigenvalue weighted by Gasteiger charge is 2.39. The molecule has 5 nitrogen and oxygen atoms in total. The molecule has 0 atom stereocenters. The van der Waals surface area contributed by atoms with E-state index in [2.05, 4.69) is 32.9 Å². The van der Waals surface area contributed by atoms with Gasteiger partial charge in [0.1, 0.15) is 17.3 Å². The lowest BCUT2D eigenvalue weighted by atomic mass is 9.93. The molecule has 1 saturated heterocycles. The Bertz CT molecular complexity index is 957. The van der Waals surface area contributed by atoms with E-state index in [9.17, 15) is 9.18 Å². The first-order valence-corrected chi connectivity index (χ1v) is 10.0. The number of aliphatic imine (C=N–C) groups is 1. The minimum absolute atomic E-state index is 0.0290. The predicted octanol–water partition coefficient (Wildman–Crippen LogP) is 3.85. The van der Waals surface area contributed by atoms with Crippen LogP contribution in [0.3, 0.4) is 0 Å². The number of piperidine rings is 1. The highest BCUT2D eigenvalue weighted by Crippen LogP contribution is 2.35. The molecule has 1 fully saturated rings. The molecule has 0 saturated carbocycles. The van der Waals surface area contributed by atoms with Gasteiger partial charge in [-0.1, -0.05) is 17.7 Å². The topological polar surface area (TPSA) is 70.7 Å². The largest absolute Gasteiger partial charge is 0.383 e. The fourth-order valence-corrected chi connectivity index (χ4v) is 4.21. The van der Waals surface area contributed by atoms with Crippen LogP contribution in [0.4, 0.5) is 10.1 Å². The van der Waals surface area contributed by atoms with E-state index >= 15 is 0 Å². The van der Waals surface area contributed by atoms with Crippen molar-refractivity contribution in [2.75, 3.05) is 18.4 Å². The van der Waals surface area contributed by atoms with E-state index in [1.54, 1.807) is 35.2 Å². The molecule has 2 aliphatic rings. The molecule has 2 aromatic carbocycles. The fourth-order valence-electron chi connectivity index (χ4n) is 3.58. The van der Waals surface area contributed by atoms with E-state index in [-0.39, 0.29) is 17.6 Å². The van der Waals surface area contributed by atoms with E-state index in [1.165, 1.54) is 6.07 Å². The van der Waals surface area contributed by atoms with Crippen LogP contribution in [-0.2, 0) is 0 Å². The van der Waals surface area contributed by atoms with Crippen molar-refractivity contribution in [1.29, 1.82) is 0 Å². The second-order valence-electron chi connectivity index (χ2n) is 6.74. The molecule has 2 aliphatic heterocycles. The van der Waals surface area contributed by atoms with Crippen molar-refractivity contribution in [3.8, 4) is 0 Å². The Balaban J connectivity index is 1.52. The Kier molecular flexibility index (Phi) is 4.75. The Morgan fingerprint density at radius 1 is 1.30 bits per heavy atom. The summed E-state index contributed by atoms with van der Waals surface area (Å²) < 4.78 is 14.9. The summed E-state index contributed by atoms with van der Waals surface area (Å²) in [7, 11) is 0. The smallest absolute Gasteiger partial charge is 0.253 e. The van der Waals surface area contributed by atoms with E-state index in [1.807, 2.05) is 0 Å². The quantitative estimate of drug-likeness (QED) is 0.587. The van der Waals surface area contributed by atoms with Crippen LogP contribution in [0.25, 0.3) is 0 Å². The molecule has 3 N–H and O–H groups in total. The molecule has 1 amide bonds. The number of carbonyl (C=O) groups is 1. The van der Waals surface area contributed by atoms with Gasteiger partial charge in [0.15, 0.2) is 0 Å². The monoisotopic (exact) mass is 498 g/mol. The minimum atomic E-state index is -0.601. The highest BCUT2D eigenvalue weighted by molar-refractivity contribution is 14.1. The van der Waals surface area contributed by atoms with Crippen LogP contribution >= 0.6 is 34.2 Å². The summed E-state index contributed by atoms with van der Waals surface area (Å²) in [5.74, 6) is -0.214. The molecule has 1 spiro atoms. The molecule has 0 bridgehead atoms. The maximum Gasteiger partial charge on any atom is 0.253 e. The number of fused-ring (bicyclic) bond motifs is 1. The van der Waals surface area contributed by atoms with Crippen molar-refractivity contribution >= 4 is 51.6 Å². The molecule has 27 heavy (non-hydrogen) atoms. The molecule has 8 heteroatoms. The third kappa shape index (κ3) is 3.38. The lowest BCUT2D eigenvalue weighted by Gasteiger charge is -2.42. The Morgan fingerprint density at radius 3 is 2.74 bits per heavy atom. The number of benzene rings is 2. The average molecular weight is 499 g/mol. The lowest BCUT2D eigenvalue weighted by Crippen LogP contribution is -2.52. The predicted molar refractivity (Wildman–Crippen MR) is 113 cm³/mol. The first-order chi connectivity index (χ1) is 12.9. The third-order valence-electron chi connectivity index (χ3n) is 5.02. The average Bonchev–Trinajstić information content (AvgIpc) is 2.64. The van der Waals surface area contributed by atoms with Gasteiger partial charge in [0.05, 0.1) is 10.6 Å². The van der Waals surface area contributed by atoms with Crippen molar-refractivity contribution in [3.63, 3.8) is 0 Å². The van der Waals surface area contributed by atoms with Crippen molar-refractivity contribution < 1.29 is 9.18 Å². The summed E-state index contributed by atoms with van der Waals surface area (Å²) in [5.41, 5.74) is 7.03. The number of anilines is 1. The van der Waals surface area contributed by atoms with Gasteiger partial charge < -0.3 is 16.0 Å². The number of amidine groups is 1. The molecule has 0 unspecified atom stereocenters. The number of nitrogens with two attached hydrogens (primary N) is 1. The number of rotatable bonds is 1. The maximum absolute atomic E-state index is 14.0. The molecule has 140 valence electrons.